The first-order valence-electron chi connectivity index (χ1n) is 6.63. The van der Waals surface area contributed by atoms with E-state index in [4.69, 9.17) is 4.74 Å². The van der Waals surface area contributed by atoms with Gasteiger partial charge in [0.2, 0.25) is 5.91 Å². The Bertz CT molecular complexity index is 767. The van der Waals surface area contributed by atoms with E-state index < -0.39 is 0 Å². The molecule has 2 heterocycles. The third-order valence-corrected chi connectivity index (χ3v) is 3.58. The van der Waals surface area contributed by atoms with Gasteiger partial charge in [-0.25, -0.2) is 4.98 Å². The van der Waals surface area contributed by atoms with Gasteiger partial charge in [0.05, 0.1) is 12.7 Å². The van der Waals surface area contributed by atoms with Gasteiger partial charge in [0, 0.05) is 17.9 Å². The molecule has 0 saturated heterocycles. The van der Waals surface area contributed by atoms with E-state index in [1.165, 1.54) is 0 Å². The predicted octanol–water partition coefficient (Wildman–Crippen LogP) is 1.56. The van der Waals surface area contributed by atoms with Crippen LogP contribution in [0.4, 0.5) is 5.82 Å². The zero-order chi connectivity index (χ0) is 15.0. The number of carbonyl (C=O) groups is 1. The number of para-hydroxylation sites is 1. The van der Waals surface area contributed by atoms with E-state index in [-0.39, 0.29) is 23.8 Å². The zero-order valence-corrected chi connectivity index (χ0v) is 11.8. The molecule has 0 radical (unpaired) electrons. The maximum absolute atomic E-state index is 12.3. The fourth-order valence-electron chi connectivity index (χ4n) is 2.70. The average Bonchev–Trinajstić information content (AvgIpc) is 2.45. The van der Waals surface area contributed by atoms with Gasteiger partial charge >= 0.3 is 0 Å². The molecule has 1 amide bonds. The number of rotatable bonds is 2. The Labute approximate surface area is 121 Å². The van der Waals surface area contributed by atoms with Crippen molar-refractivity contribution in [2.24, 2.45) is 0 Å². The quantitative estimate of drug-likeness (QED) is 0.877. The molecule has 0 saturated carbocycles. The van der Waals surface area contributed by atoms with Crippen molar-refractivity contribution in [3.63, 3.8) is 0 Å². The van der Waals surface area contributed by atoms with Crippen LogP contribution in [0.1, 0.15) is 29.3 Å². The van der Waals surface area contributed by atoms with Crippen molar-refractivity contribution in [2.45, 2.75) is 19.3 Å². The fraction of sp³-hybridized carbons (Fsp3) is 0.267. The molecule has 6 heteroatoms. The van der Waals surface area contributed by atoms with Gasteiger partial charge in [0.15, 0.2) is 0 Å². The summed E-state index contributed by atoms with van der Waals surface area (Å²) >= 11 is 0. The number of carbonyl (C=O) groups excluding carboxylic acids is 1. The van der Waals surface area contributed by atoms with E-state index >= 15 is 0 Å². The second kappa shape index (κ2) is 5.05. The van der Waals surface area contributed by atoms with E-state index in [0.29, 0.717) is 23.0 Å². The van der Waals surface area contributed by atoms with E-state index in [9.17, 15) is 9.59 Å². The van der Waals surface area contributed by atoms with Gasteiger partial charge in [0.1, 0.15) is 17.4 Å². The van der Waals surface area contributed by atoms with Gasteiger partial charge in [-0.1, -0.05) is 18.2 Å². The summed E-state index contributed by atoms with van der Waals surface area (Å²) in [5.41, 5.74) is 1.06. The van der Waals surface area contributed by atoms with Crippen molar-refractivity contribution < 1.29 is 9.53 Å². The molecule has 0 fully saturated rings. The van der Waals surface area contributed by atoms with Crippen LogP contribution in [0.25, 0.3) is 0 Å². The molecule has 1 aliphatic heterocycles. The lowest BCUT2D eigenvalue weighted by atomic mass is 9.86. The fourth-order valence-corrected chi connectivity index (χ4v) is 2.70. The van der Waals surface area contributed by atoms with Gasteiger partial charge in [0.25, 0.3) is 5.56 Å². The molecule has 1 aliphatic rings. The Balaban J connectivity index is 2.22. The number of hydrogen-bond acceptors (Lipinski definition) is 4. The molecule has 6 nitrogen and oxygen atoms in total. The largest absolute Gasteiger partial charge is 0.496 e. The summed E-state index contributed by atoms with van der Waals surface area (Å²) in [5.74, 6) is 0.948. The number of aromatic amines is 1. The summed E-state index contributed by atoms with van der Waals surface area (Å²) in [4.78, 5) is 31.1. The standard InChI is InChI=1S/C15H15N3O3/c1-8-16-14-13(15(20)17-8)10(7-12(19)18-14)9-5-3-4-6-11(9)21-2/h3-6,10H,7H2,1-2H3,(H2,16,17,18,19,20). The lowest BCUT2D eigenvalue weighted by molar-refractivity contribution is -0.116. The van der Waals surface area contributed by atoms with Crippen LogP contribution in [0.5, 0.6) is 5.75 Å². The Morgan fingerprint density at radius 1 is 1.29 bits per heavy atom. The highest BCUT2D eigenvalue weighted by Crippen LogP contribution is 2.37. The van der Waals surface area contributed by atoms with Crippen molar-refractivity contribution in [2.75, 3.05) is 12.4 Å². The first kappa shape index (κ1) is 13.4. The van der Waals surface area contributed by atoms with E-state index in [1.54, 1.807) is 14.0 Å². The summed E-state index contributed by atoms with van der Waals surface area (Å²) in [6.45, 7) is 1.68. The van der Waals surface area contributed by atoms with Crippen molar-refractivity contribution in [1.29, 1.82) is 0 Å². The minimum atomic E-state index is -0.359. The minimum Gasteiger partial charge on any atom is -0.496 e. The maximum Gasteiger partial charge on any atom is 0.256 e. The highest BCUT2D eigenvalue weighted by atomic mass is 16.5. The van der Waals surface area contributed by atoms with Crippen molar-refractivity contribution >= 4 is 11.7 Å². The molecule has 0 spiro atoms. The van der Waals surface area contributed by atoms with Gasteiger partial charge in [-0.3, -0.25) is 9.59 Å². The molecule has 1 aromatic heterocycles. The maximum atomic E-state index is 12.3. The molecule has 108 valence electrons. The molecule has 1 unspecified atom stereocenters. The number of ether oxygens (including phenoxy) is 1. The normalized spacial score (nSPS) is 17.0. The molecule has 0 aliphatic carbocycles. The highest BCUT2D eigenvalue weighted by molar-refractivity contribution is 5.94. The number of nitrogens with one attached hydrogen (secondary N) is 2. The summed E-state index contributed by atoms with van der Waals surface area (Å²) < 4.78 is 5.35. The molecule has 0 bridgehead atoms. The number of amides is 1. The molecule has 2 aromatic rings. The van der Waals surface area contributed by atoms with Gasteiger partial charge in [-0.2, -0.15) is 0 Å². The summed E-state index contributed by atoms with van der Waals surface area (Å²) in [6.07, 6.45) is 0.196. The van der Waals surface area contributed by atoms with E-state index in [1.807, 2.05) is 24.3 Å². The van der Waals surface area contributed by atoms with Crippen molar-refractivity contribution in [3.8, 4) is 5.75 Å². The molecule has 2 N–H and O–H groups in total. The van der Waals surface area contributed by atoms with Crippen LogP contribution in [-0.4, -0.2) is 23.0 Å². The van der Waals surface area contributed by atoms with E-state index in [0.717, 1.165) is 5.56 Å². The lowest BCUT2D eigenvalue weighted by Crippen LogP contribution is -2.31. The average molecular weight is 285 g/mol. The van der Waals surface area contributed by atoms with Crippen molar-refractivity contribution in [3.05, 3.63) is 51.6 Å². The van der Waals surface area contributed by atoms with Crippen LogP contribution in [0.3, 0.4) is 0 Å². The number of anilines is 1. The molecule has 21 heavy (non-hydrogen) atoms. The molecule has 1 aromatic carbocycles. The third kappa shape index (κ3) is 2.29. The van der Waals surface area contributed by atoms with Crippen LogP contribution in [-0.2, 0) is 4.79 Å². The summed E-state index contributed by atoms with van der Waals surface area (Å²) in [6, 6.07) is 7.39. The number of nitrogens with zero attached hydrogens (tertiary/aromatic N) is 1. The monoisotopic (exact) mass is 285 g/mol. The summed E-state index contributed by atoms with van der Waals surface area (Å²) in [7, 11) is 1.57. The topological polar surface area (TPSA) is 84.1 Å². The van der Waals surface area contributed by atoms with Crippen LogP contribution in [0.15, 0.2) is 29.1 Å². The van der Waals surface area contributed by atoms with Crippen LogP contribution < -0.4 is 15.6 Å². The number of methoxy groups -OCH3 is 1. The lowest BCUT2D eigenvalue weighted by Gasteiger charge is -2.25. The SMILES string of the molecule is COc1ccccc1C1CC(=O)Nc2nc(C)[nH]c(=O)c21. The predicted molar refractivity (Wildman–Crippen MR) is 77.7 cm³/mol. The Morgan fingerprint density at radius 2 is 2.05 bits per heavy atom. The van der Waals surface area contributed by atoms with Gasteiger partial charge in [-0.05, 0) is 13.0 Å². The van der Waals surface area contributed by atoms with Crippen LogP contribution in [0, 0.1) is 6.92 Å². The van der Waals surface area contributed by atoms with Gasteiger partial charge in [-0.15, -0.1) is 0 Å². The Hall–Kier alpha value is -2.63. The Morgan fingerprint density at radius 3 is 2.81 bits per heavy atom. The molecule has 3 rings (SSSR count). The molecular weight excluding hydrogens is 270 g/mol. The third-order valence-electron chi connectivity index (χ3n) is 3.58. The first-order chi connectivity index (χ1) is 10.1. The second-order valence-electron chi connectivity index (χ2n) is 4.96. The van der Waals surface area contributed by atoms with Gasteiger partial charge < -0.3 is 15.0 Å². The smallest absolute Gasteiger partial charge is 0.256 e. The first-order valence-corrected chi connectivity index (χ1v) is 6.63. The second-order valence-corrected chi connectivity index (χ2v) is 4.96. The number of H-pyrrole nitrogens is 1. The van der Waals surface area contributed by atoms with E-state index in [2.05, 4.69) is 15.3 Å². The number of benzene rings is 1. The number of fused-ring (bicyclic) bond motifs is 1. The van der Waals surface area contributed by atoms with Crippen LogP contribution in [0.2, 0.25) is 0 Å². The minimum absolute atomic E-state index is 0.157. The number of hydrogen-bond donors (Lipinski definition) is 2. The number of aryl methyl sites for hydroxylation is 1. The van der Waals surface area contributed by atoms with Crippen molar-refractivity contribution in [1.82, 2.24) is 9.97 Å². The molecular formula is C15H15N3O3. The zero-order valence-electron chi connectivity index (χ0n) is 11.8. The molecule has 1 atom stereocenters. The Kier molecular flexibility index (Phi) is 3.21. The summed E-state index contributed by atoms with van der Waals surface area (Å²) in [5, 5.41) is 2.67. The van der Waals surface area contributed by atoms with Crippen LogP contribution >= 0.6 is 0 Å². The number of aromatic nitrogens is 2. The highest BCUT2D eigenvalue weighted by Gasteiger charge is 2.32.